The molecule has 1 heterocycles. The van der Waals surface area contributed by atoms with Gasteiger partial charge in [-0.2, -0.15) is 5.10 Å². The Labute approximate surface area is 151 Å². The number of hydrogen-bond acceptors (Lipinski definition) is 4. The Morgan fingerprint density at radius 1 is 1.08 bits per heavy atom. The number of fused-ring (bicyclic) bond motifs is 1. The molecule has 5 heteroatoms. The molecule has 0 saturated heterocycles. The van der Waals surface area contributed by atoms with E-state index in [0.29, 0.717) is 6.04 Å². The van der Waals surface area contributed by atoms with Crippen LogP contribution in [0.3, 0.4) is 0 Å². The highest BCUT2D eigenvalue weighted by Gasteiger charge is 2.23. The monoisotopic (exact) mass is 388 g/mol. The molecule has 0 amide bonds. The molecule has 126 valence electrons. The molecule has 0 bridgehead atoms. The average molecular weight is 389 g/mol. The fraction of sp³-hybridized carbons (Fsp3) is 0.316. The number of rotatable bonds is 3. The summed E-state index contributed by atoms with van der Waals surface area (Å²) in [6.45, 7) is 2.18. The Balaban J connectivity index is 2.21. The summed E-state index contributed by atoms with van der Waals surface area (Å²) < 4.78 is 12.0. The van der Waals surface area contributed by atoms with Crippen molar-refractivity contribution in [1.82, 2.24) is 5.01 Å². The van der Waals surface area contributed by atoms with Gasteiger partial charge in [-0.15, -0.1) is 0 Å². The molecule has 0 radical (unpaired) electrons. The Bertz CT molecular complexity index is 772. The van der Waals surface area contributed by atoms with Crippen LogP contribution < -0.4 is 9.47 Å². The SMILES string of the molecule is COc1cc2c(cc1OC)C(c1ccc(Br)cc1)=NN(C)[C@H](C)C2. The lowest BCUT2D eigenvalue weighted by Gasteiger charge is -2.20. The van der Waals surface area contributed by atoms with Crippen LogP contribution in [0.4, 0.5) is 0 Å². The Kier molecular flexibility index (Phi) is 4.81. The van der Waals surface area contributed by atoms with Gasteiger partial charge in [-0.05, 0) is 43.2 Å². The molecule has 1 aliphatic heterocycles. The van der Waals surface area contributed by atoms with Gasteiger partial charge in [0.05, 0.1) is 19.9 Å². The van der Waals surface area contributed by atoms with Crippen LogP contribution in [0.1, 0.15) is 23.6 Å². The average Bonchev–Trinajstić information content (AvgIpc) is 2.71. The van der Waals surface area contributed by atoms with Crippen molar-refractivity contribution >= 4 is 21.6 Å². The van der Waals surface area contributed by atoms with Gasteiger partial charge in [0.15, 0.2) is 11.5 Å². The minimum atomic E-state index is 0.301. The quantitative estimate of drug-likeness (QED) is 0.793. The Morgan fingerprint density at radius 2 is 1.71 bits per heavy atom. The number of ether oxygens (including phenoxy) is 2. The molecule has 0 aromatic heterocycles. The van der Waals surface area contributed by atoms with Gasteiger partial charge in [0.2, 0.25) is 0 Å². The van der Waals surface area contributed by atoms with Crippen molar-refractivity contribution in [3.8, 4) is 11.5 Å². The fourth-order valence-corrected chi connectivity index (χ4v) is 3.16. The van der Waals surface area contributed by atoms with Crippen LogP contribution in [0.5, 0.6) is 11.5 Å². The molecular formula is C19H21BrN2O2. The van der Waals surface area contributed by atoms with Crippen LogP contribution in [0.25, 0.3) is 0 Å². The van der Waals surface area contributed by atoms with E-state index in [1.165, 1.54) is 5.56 Å². The lowest BCUT2D eigenvalue weighted by molar-refractivity contribution is 0.272. The van der Waals surface area contributed by atoms with Crippen LogP contribution in [0.2, 0.25) is 0 Å². The summed E-state index contributed by atoms with van der Waals surface area (Å²) >= 11 is 3.49. The first kappa shape index (κ1) is 16.8. The van der Waals surface area contributed by atoms with Crippen molar-refractivity contribution in [2.75, 3.05) is 21.3 Å². The summed E-state index contributed by atoms with van der Waals surface area (Å²) in [6.07, 6.45) is 0.899. The van der Waals surface area contributed by atoms with Crippen molar-refractivity contribution < 1.29 is 9.47 Å². The smallest absolute Gasteiger partial charge is 0.161 e. The zero-order chi connectivity index (χ0) is 17.3. The molecule has 0 fully saturated rings. The first-order valence-corrected chi connectivity index (χ1v) is 8.65. The number of methoxy groups -OCH3 is 2. The molecule has 0 unspecified atom stereocenters. The molecule has 2 aromatic rings. The van der Waals surface area contributed by atoms with Crippen LogP contribution in [0, 0.1) is 0 Å². The van der Waals surface area contributed by atoms with E-state index in [-0.39, 0.29) is 0 Å². The molecule has 3 rings (SSSR count). The third-order valence-electron chi connectivity index (χ3n) is 4.39. The molecule has 0 spiro atoms. The number of hydrogen-bond donors (Lipinski definition) is 0. The van der Waals surface area contributed by atoms with E-state index in [1.807, 2.05) is 30.3 Å². The van der Waals surface area contributed by atoms with Crippen LogP contribution in [-0.4, -0.2) is 38.0 Å². The van der Waals surface area contributed by atoms with Gasteiger partial charge < -0.3 is 9.47 Å². The predicted octanol–water partition coefficient (Wildman–Crippen LogP) is 4.10. The van der Waals surface area contributed by atoms with E-state index >= 15 is 0 Å². The fourth-order valence-electron chi connectivity index (χ4n) is 2.89. The highest BCUT2D eigenvalue weighted by atomic mass is 79.9. The molecule has 24 heavy (non-hydrogen) atoms. The van der Waals surface area contributed by atoms with E-state index in [4.69, 9.17) is 14.6 Å². The molecule has 1 aliphatic rings. The minimum absolute atomic E-state index is 0.301. The summed E-state index contributed by atoms with van der Waals surface area (Å²) in [7, 11) is 5.34. The molecule has 2 aromatic carbocycles. The minimum Gasteiger partial charge on any atom is -0.493 e. The zero-order valence-corrected chi connectivity index (χ0v) is 15.9. The third kappa shape index (κ3) is 3.13. The van der Waals surface area contributed by atoms with E-state index in [1.54, 1.807) is 14.2 Å². The van der Waals surface area contributed by atoms with Gasteiger partial charge in [0, 0.05) is 28.7 Å². The molecule has 0 aliphatic carbocycles. The van der Waals surface area contributed by atoms with Gasteiger partial charge in [-0.25, -0.2) is 0 Å². The van der Waals surface area contributed by atoms with E-state index in [2.05, 4.69) is 41.1 Å². The largest absolute Gasteiger partial charge is 0.493 e. The molecular weight excluding hydrogens is 368 g/mol. The van der Waals surface area contributed by atoms with Crippen molar-refractivity contribution in [2.24, 2.45) is 5.10 Å². The Hall–Kier alpha value is -2.01. The third-order valence-corrected chi connectivity index (χ3v) is 4.92. The zero-order valence-electron chi connectivity index (χ0n) is 14.3. The summed E-state index contributed by atoms with van der Waals surface area (Å²) in [5, 5.41) is 6.89. The second kappa shape index (κ2) is 6.85. The van der Waals surface area contributed by atoms with Gasteiger partial charge in [-0.1, -0.05) is 28.1 Å². The van der Waals surface area contributed by atoms with Crippen LogP contribution >= 0.6 is 15.9 Å². The lowest BCUT2D eigenvalue weighted by Crippen LogP contribution is -2.25. The topological polar surface area (TPSA) is 34.1 Å². The maximum Gasteiger partial charge on any atom is 0.161 e. The maximum absolute atomic E-state index is 5.50. The van der Waals surface area contributed by atoms with Crippen LogP contribution in [-0.2, 0) is 6.42 Å². The van der Waals surface area contributed by atoms with Gasteiger partial charge >= 0.3 is 0 Å². The van der Waals surface area contributed by atoms with Crippen molar-refractivity contribution in [1.29, 1.82) is 0 Å². The highest BCUT2D eigenvalue weighted by Crippen LogP contribution is 2.34. The molecule has 4 nitrogen and oxygen atoms in total. The summed E-state index contributed by atoms with van der Waals surface area (Å²) in [5.41, 5.74) is 4.33. The second-order valence-corrected chi connectivity index (χ2v) is 6.86. The van der Waals surface area contributed by atoms with Gasteiger partial charge in [0.25, 0.3) is 0 Å². The number of likely N-dealkylation sites (N-methyl/N-ethyl adjacent to an activating group) is 1. The van der Waals surface area contributed by atoms with Crippen molar-refractivity contribution in [3.05, 3.63) is 57.6 Å². The van der Waals surface area contributed by atoms with E-state index < -0.39 is 0 Å². The van der Waals surface area contributed by atoms with E-state index in [0.717, 1.165) is 39.2 Å². The maximum atomic E-state index is 5.50. The number of halogens is 1. The van der Waals surface area contributed by atoms with Gasteiger partial charge in [-0.3, -0.25) is 5.01 Å². The molecule has 0 saturated carbocycles. The number of hydrazone groups is 1. The van der Waals surface area contributed by atoms with Crippen molar-refractivity contribution in [3.63, 3.8) is 0 Å². The van der Waals surface area contributed by atoms with Crippen molar-refractivity contribution in [2.45, 2.75) is 19.4 Å². The normalized spacial score (nSPS) is 17.0. The highest BCUT2D eigenvalue weighted by molar-refractivity contribution is 9.10. The van der Waals surface area contributed by atoms with E-state index in [9.17, 15) is 0 Å². The van der Waals surface area contributed by atoms with Gasteiger partial charge in [0.1, 0.15) is 0 Å². The number of benzene rings is 2. The molecule has 1 atom stereocenters. The molecule has 0 N–H and O–H groups in total. The van der Waals surface area contributed by atoms with Crippen LogP contribution in [0.15, 0.2) is 46.0 Å². The first-order chi connectivity index (χ1) is 11.5. The summed E-state index contributed by atoms with van der Waals surface area (Å²) in [6, 6.07) is 12.6. The summed E-state index contributed by atoms with van der Waals surface area (Å²) in [5.74, 6) is 1.47. The number of nitrogens with zero attached hydrogens (tertiary/aromatic N) is 2. The Morgan fingerprint density at radius 3 is 2.33 bits per heavy atom. The standard InChI is InChI=1S/C19H21BrN2O2/c1-12-9-14-10-17(23-3)18(24-4)11-16(14)19(21-22(12)2)13-5-7-15(20)8-6-13/h5-8,10-12H,9H2,1-4H3/t12-/m1/s1. The second-order valence-electron chi connectivity index (χ2n) is 5.95. The predicted molar refractivity (Wildman–Crippen MR) is 100 cm³/mol. The first-order valence-electron chi connectivity index (χ1n) is 7.86. The lowest BCUT2D eigenvalue weighted by atomic mass is 9.94. The summed E-state index contributed by atoms with van der Waals surface area (Å²) in [4.78, 5) is 0.